The third-order valence-electron chi connectivity index (χ3n) is 5.23. The molecule has 0 radical (unpaired) electrons. The SMILES string of the molecule is NC(=O)[C@]1(c2ccccn2)CCCN(C(=O)c2cccc(-c3cncnc3)n2)C1. The molecule has 29 heavy (non-hydrogen) atoms. The molecule has 2 amide bonds. The van der Waals surface area contributed by atoms with E-state index in [4.69, 9.17) is 5.73 Å². The van der Waals surface area contributed by atoms with Gasteiger partial charge >= 0.3 is 0 Å². The summed E-state index contributed by atoms with van der Waals surface area (Å²) in [4.78, 5) is 44.1. The molecule has 3 aromatic rings. The maximum absolute atomic E-state index is 13.2. The molecule has 8 nitrogen and oxygen atoms in total. The molecule has 1 fully saturated rings. The summed E-state index contributed by atoms with van der Waals surface area (Å²) in [5.41, 5.74) is 7.01. The Balaban J connectivity index is 1.63. The van der Waals surface area contributed by atoms with Gasteiger partial charge in [0.25, 0.3) is 5.91 Å². The van der Waals surface area contributed by atoms with Crippen molar-refractivity contribution >= 4 is 11.8 Å². The van der Waals surface area contributed by atoms with Crippen molar-refractivity contribution in [2.24, 2.45) is 5.73 Å². The van der Waals surface area contributed by atoms with Gasteiger partial charge in [-0.25, -0.2) is 15.0 Å². The first-order valence-corrected chi connectivity index (χ1v) is 9.33. The zero-order chi connectivity index (χ0) is 20.3. The first-order valence-electron chi connectivity index (χ1n) is 9.33. The van der Waals surface area contributed by atoms with E-state index in [1.165, 1.54) is 6.33 Å². The number of carbonyl (C=O) groups is 2. The van der Waals surface area contributed by atoms with Gasteiger partial charge in [-0.15, -0.1) is 0 Å². The number of nitrogens with two attached hydrogens (primary N) is 1. The molecule has 1 saturated heterocycles. The number of aromatic nitrogens is 4. The molecule has 0 unspecified atom stereocenters. The van der Waals surface area contributed by atoms with E-state index in [1.807, 2.05) is 6.07 Å². The third-order valence-corrected chi connectivity index (χ3v) is 5.23. The smallest absolute Gasteiger partial charge is 0.272 e. The number of hydrogen-bond acceptors (Lipinski definition) is 6. The summed E-state index contributed by atoms with van der Waals surface area (Å²) < 4.78 is 0. The summed E-state index contributed by atoms with van der Waals surface area (Å²) in [7, 11) is 0. The second kappa shape index (κ2) is 7.75. The van der Waals surface area contributed by atoms with E-state index in [0.29, 0.717) is 36.5 Å². The summed E-state index contributed by atoms with van der Waals surface area (Å²) in [6.07, 6.45) is 7.56. The fourth-order valence-electron chi connectivity index (χ4n) is 3.72. The largest absolute Gasteiger partial charge is 0.369 e. The molecule has 4 rings (SSSR count). The molecule has 3 aromatic heterocycles. The van der Waals surface area contributed by atoms with Crippen LogP contribution in [0.3, 0.4) is 0 Å². The van der Waals surface area contributed by atoms with E-state index < -0.39 is 11.3 Å². The van der Waals surface area contributed by atoms with Crippen molar-refractivity contribution in [1.82, 2.24) is 24.8 Å². The van der Waals surface area contributed by atoms with Crippen LogP contribution in [0.25, 0.3) is 11.3 Å². The molecule has 0 aromatic carbocycles. The van der Waals surface area contributed by atoms with Crippen LogP contribution in [0, 0.1) is 0 Å². The van der Waals surface area contributed by atoms with E-state index in [1.54, 1.807) is 53.8 Å². The van der Waals surface area contributed by atoms with Crippen LogP contribution in [-0.2, 0) is 10.2 Å². The molecular formula is C21H20N6O2. The van der Waals surface area contributed by atoms with E-state index in [2.05, 4.69) is 19.9 Å². The van der Waals surface area contributed by atoms with Gasteiger partial charge in [0.1, 0.15) is 17.4 Å². The number of pyridine rings is 2. The normalized spacial score (nSPS) is 19.0. The molecule has 2 N–H and O–H groups in total. The highest BCUT2D eigenvalue weighted by molar-refractivity contribution is 5.94. The molecule has 1 atom stereocenters. The minimum Gasteiger partial charge on any atom is -0.369 e. The molecule has 0 aliphatic carbocycles. The molecule has 4 heterocycles. The van der Waals surface area contributed by atoms with Gasteiger partial charge in [-0.2, -0.15) is 0 Å². The fourth-order valence-corrected chi connectivity index (χ4v) is 3.72. The van der Waals surface area contributed by atoms with Crippen LogP contribution in [0.5, 0.6) is 0 Å². The van der Waals surface area contributed by atoms with Crippen molar-refractivity contribution in [3.05, 3.63) is 72.7 Å². The highest BCUT2D eigenvalue weighted by Crippen LogP contribution is 2.33. The monoisotopic (exact) mass is 388 g/mol. The van der Waals surface area contributed by atoms with Crippen LogP contribution in [-0.4, -0.2) is 49.7 Å². The van der Waals surface area contributed by atoms with Crippen LogP contribution in [0.4, 0.5) is 0 Å². The van der Waals surface area contributed by atoms with Crippen molar-refractivity contribution in [3.63, 3.8) is 0 Å². The minimum atomic E-state index is -1.000. The lowest BCUT2D eigenvalue weighted by Gasteiger charge is -2.40. The highest BCUT2D eigenvalue weighted by Gasteiger charge is 2.45. The van der Waals surface area contributed by atoms with Crippen molar-refractivity contribution in [3.8, 4) is 11.3 Å². The number of primary amides is 1. The summed E-state index contributed by atoms with van der Waals surface area (Å²) >= 11 is 0. The number of hydrogen-bond donors (Lipinski definition) is 1. The quantitative estimate of drug-likeness (QED) is 0.726. The van der Waals surface area contributed by atoms with E-state index in [0.717, 1.165) is 5.56 Å². The van der Waals surface area contributed by atoms with Crippen LogP contribution < -0.4 is 5.73 Å². The number of nitrogens with zero attached hydrogens (tertiary/aromatic N) is 5. The summed E-state index contributed by atoms with van der Waals surface area (Å²) in [6.45, 7) is 0.708. The third kappa shape index (κ3) is 3.56. The van der Waals surface area contributed by atoms with Gasteiger partial charge in [-0.05, 0) is 37.1 Å². The van der Waals surface area contributed by atoms with Gasteiger partial charge in [0.2, 0.25) is 5.91 Å². The summed E-state index contributed by atoms with van der Waals surface area (Å²) in [6, 6.07) is 10.6. The molecule has 146 valence electrons. The predicted molar refractivity (Wildman–Crippen MR) is 106 cm³/mol. The molecule has 8 heteroatoms. The molecule has 0 bridgehead atoms. The Labute approximate surface area is 167 Å². The summed E-state index contributed by atoms with van der Waals surface area (Å²) in [5, 5.41) is 0. The average Bonchev–Trinajstić information content (AvgIpc) is 2.79. The van der Waals surface area contributed by atoms with Gasteiger partial charge in [0, 0.05) is 37.2 Å². The van der Waals surface area contributed by atoms with Crippen molar-refractivity contribution in [2.75, 3.05) is 13.1 Å². The van der Waals surface area contributed by atoms with Crippen LogP contribution in [0.1, 0.15) is 29.0 Å². The van der Waals surface area contributed by atoms with Crippen molar-refractivity contribution in [2.45, 2.75) is 18.3 Å². The predicted octanol–water partition coefficient (Wildman–Crippen LogP) is 1.59. The lowest BCUT2D eigenvalue weighted by molar-refractivity contribution is -0.125. The van der Waals surface area contributed by atoms with Crippen molar-refractivity contribution < 1.29 is 9.59 Å². The van der Waals surface area contributed by atoms with Gasteiger partial charge < -0.3 is 10.6 Å². The van der Waals surface area contributed by atoms with E-state index >= 15 is 0 Å². The van der Waals surface area contributed by atoms with Crippen molar-refractivity contribution in [1.29, 1.82) is 0 Å². The maximum Gasteiger partial charge on any atom is 0.272 e. The Kier molecular flexibility index (Phi) is 4.99. The fraction of sp³-hybridized carbons (Fsp3) is 0.238. The van der Waals surface area contributed by atoms with Crippen LogP contribution in [0.2, 0.25) is 0 Å². The Morgan fingerprint density at radius 2 is 1.90 bits per heavy atom. The molecule has 1 aliphatic rings. The topological polar surface area (TPSA) is 115 Å². The number of likely N-dealkylation sites (tertiary alicyclic amines) is 1. The molecule has 1 aliphatic heterocycles. The number of piperidine rings is 1. The maximum atomic E-state index is 13.2. The minimum absolute atomic E-state index is 0.179. The first-order chi connectivity index (χ1) is 14.1. The lowest BCUT2D eigenvalue weighted by Crippen LogP contribution is -2.55. The zero-order valence-electron chi connectivity index (χ0n) is 15.7. The molecular weight excluding hydrogens is 368 g/mol. The Bertz CT molecular complexity index is 1030. The van der Waals surface area contributed by atoms with Gasteiger partial charge in [0.15, 0.2) is 0 Å². The zero-order valence-corrected chi connectivity index (χ0v) is 15.7. The average molecular weight is 388 g/mol. The van der Waals surface area contributed by atoms with E-state index in [9.17, 15) is 9.59 Å². The first kappa shape index (κ1) is 18.7. The second-order valence-electron chi connectivity index (χ2n) is 7.03. The molecule has 0 saturated carbocycles. The Hall–Kier alpha value is -3.68. The standard InChI is InChI=1S/C21H20N6O2/c22-20(29)21(18-7-1-2-9-25-18)8-4-10-27(13-21)19(28)17-6-3-5-16(26-17)15-11-23-14-24-12-15/h1-3,5-7,9,11-12,14H,4,8,10,13H2,(H2,22,29)/t21-/m1/s1. The highest BCUT2D eigenvalue weighted by atomic mass is 16.2. The number of amides is 2. The van der Waals surface area contributed by atoms with Crippen LogP contribution >= 0.6 is 0 Å². The van der Waals surface area contributed by atoms with Gasteiger partial charge in [-0.3, -0.25) is 14.6 Å². The Morgan fingerprint density at radius 1 is 1.07 bits per heavy atom. The lowest BCUT2D eigenvalue weighted by atomic mass is 9.76. The molecule has 0 spiro atoms. The van der Waals surface area contributed by atoms with E-state index in [-0.39, 0.29) is 12.5 Å². The second-order valence-corrected chi connectivity index (χ2v) is 7.03. The number of carbonyl (C=O) groups excluding carboxylic acids is 2. The summed E-state index contributed by atoms with van der Waals surface area (Å²) in [5.74, 6) is -0.721. The van der Waals surface area contributed by atoms with Crippen LogP contribution in [0.15, 0.2) is 61.3 Å². The van der Waals surface area contributed by atoms with Gasteiger partial charge in [-0.1, -0.05) is 12.1 Å². The van der Waals surface area contributed by atoms with Gasteiger partial charge in [0.05, 0.1) is 11.4 Å². The number of rotatable bonds is 4. The Morgan fingerprint density at radius 3 is 2.62 bits per heavy atom.